The Kier molecular flexibility index (Phi) is 2.87. The largest absolute Gasteiger partial charge is 0.393 e. The lowest BCUT2D eigenvalue weighted by molar-refractivity contribution is 0.00719. The molecule has 0 aromatic heterocycles. The predicted octanol–water partition coefficient (Wildman–Crippen LogP) is 0.0106. The number of hydrogen-bond acceptors (Lipinski definition) is 3. The van der Waals surface area contributed by atoms with Crippen molar-refractivity contribution in [1.82, 2.24) is 0 Å². The molecule has 3 nitrogen and oxygen atoms in total. The van der Waals surface area contributed by atoms with Gasteiger partial charge in [0.1, 0.15) is 0 Å². The third-order valence-corrected chi connectivity index (χ3v) is 2.49. The predicted molar refractivity (Wildman–Crippen MR) is 41.2 cm³/mol. The maximum atomic E-state index is 9.52. The second kappa shape index (κ2) is 3.52. The van der Waals surface area contributed by atoms with Crippen LogP contribution in [-0.2, 0) is 4.74 Å². The molecule has 3 heteroatoms. The Bertz CT molecular complexity index is 127. The van der Waals surface area contributed by atoms with Gasteiger partial charge in [0.05, 0.1) is 18.8 Å². The summed E-state index contributed by atoms with van der Waals surface area (Å²) in [6.45, 7) is 2.40. The van der Waals surface area contributed by atoms with Gasteiger partial charge in [-0.15, -0.1) is 0 Å². The third kappa shape index (κ3) is 1.72. The summed E-state index contributed by atoms with van der Waals surface area (Å²) in [6.07, 6.45) is -0.0975. The number of aliphatic hydroxyl groups excluding tert-OH is 2. The number of rotatable bonds is 2. The standard InChI is InChI=1S/C8H16O3/c1-5-3-7(9)6(4-11-2)8(5)10/h5-10H,3-4H2,1-2H3/t5-,6+,7?,8?/m0/s1. The Morgan fingerprint density at radius 3 is 2.45 bits per heavy atom. The van der Waals surface area contributed by atoms with Crippen LogP contribution < -0.4 is 0 Å². The summed E-state index contributed by atoms with van der Waals surface area (Å²) in [5, 5.41) is 18.9. The van der Waals surface area contributed by atoms with Crippen LogP contribution in [0.1, 0.15) is 13.3 Å². The molecule has 0 aliphatic heterocycles. The van der Waals surface area contributed by atoms with Gasteiger partial charge in [-0.2, -0.15) is 0 Å². The van der Waals surface area contributed by atoms with E-state index in [1.165, 1.54) is 0 Å². The van der Waals surface area contributed by atoms with E-state index in [2.05, 4.69) is 0 Å². The van der Waals surface area contributed by atoms with Crippen LogP contribution in [0.15, 0.2) is 0 Å². The summed E-state index contributed by atoms with van der Waals surface area (Å²) in [5.74, 6) is 0.111. The van der Waals surface area contributed by atoms with Crippen LogP contribution in [-0.4, -0.2) is 36.1 Å². The fraction of sp³-hybridized carbons (Fsp3) is 1.00. The number of ether oxygens (including phenoxy) is 1. The first-order valence-corrected chi connectivity index (χ1v) is 4.02. The van der Waals surface area contributed by atoms with E-state index in [1.54, 1.807) is 7.11 Å². The van der Waals surface area contributed by atoms with Gasteiger partial charge >= 0.3 is 0 Å². The van der Waals surface area contributed by atoms with Gasteiger partial charge in [-0.05, 0) is 12.3 Å². The molecule has 2 unspecified atom stereocenters. The first-order valence-electron chi connectivity index (χ1n) is 4.02. The fourth-order valence-corrected chi connectivity index (χ4v) is 1.75. The fourth-order valence-electron chi connectivity index (χ4n) is 1.75. The van der Waals surface area contributed by atoms with Crippen molar-refractivity contribution in [2.75, 3.05) is 13.7 Å². The third-order valence-electron chi connectivity index (χ3n) is 2.49. The van der Waals surface area contributed by atoms with Crippen molar-refractivity contribution in [1.29, 1.82) is 0 Å². The lowest BCUT2D eigenvalue weighted by Gasteiger charge is -2.17. The number of hydrogen-bond donors (Lipinski definition) is 2. The van der Waals surface area contributed by atoms with Crippen molar-refractivity contribution in [2.24, 2.45) is 11.8 Å². The summed E-state index contributed by atoms with van der Waals surface area (Å²) in [7, 11) is 1.59. The molecule has 2 N–H and O–H groups in total. The number of aliphatic hydroxyl groups is 2. The minimum Gasteiger partial charge on any atom is -0.393 e. The molecule has 0 heterocycles. The van der Waals surface area contributed by atoms with Crippen LogP contribution in [0.4, 0.5) is 0 Å². The molecule has 11 heavy (non-hydrogen) atoms. The zero-order chi connectivity index (χ0) is 8.43. The van der Waals surface area contributed by atoms with E-state index >= 15 is 0 Å². The first-order chi connectivity index (χ1) is 5.16. The molecule has 1 aliphatic carbocycles. The van der Waals surface area contributed by atoms with Crippen molar-refractivity contribution in [3.8, 4) is 0 Å². The Balaban J connectivity index is 2.49. The van der Waals surface area contributed by atoms with Crippen LogP contribution in [0.25, 0.3) is 0 Å². The van der Waals surface area contributed by atoms with Crippen LogP contribution in [0.3, 0.4) is 0 Å². The zero-order valence-corrected chi connectivity index (χ0v) is 7.03. The van der Waals surface area contributed by atoms with Crippen LogP contribution in [0.2, 0.25) is 0 Å². The van der Waals surface area contributed by atoms with Crippen LogP contribution >= 0.6 is 0 Å². The summed E-state index contributed by atoms with van der Waals surface area (Å²) in [4.78, 5) is 0. The Labute approximate surface area is 67.0 Å². The first kappa shape index (κ1) is 8.97. The minimum atomic E-state index is -0.398. The minimum absolute atomic E-state index is 0.0880. The van der Waals surface area contributed by atoms with Crippen molar-refractivity contribution in [3.63, 3.8) is 0 Å². The van der Waals surface area contributed by atoms with Gasteiger partial charge < -0.3 is 14.9 Å². The highest BCUT2D eigenvalue weighted by Gasteiger charge is 2.38. The highest BCUT2D eigenvalue weighted by molar-refractivity contribution is 4.88. The molecule has 4 atom stereocenters. The topological polar surface area (TPSA) is 49.7 Å². The second-order valence-corrected chi connectivity index (χ2v) is 3.39. The van der Waals surface area contributed by atoms with E-state index in [0.29, 0.717) is 13.0 Å². The van der Waals surface area contributed by atoms with Gasteiger partial charge in [0, 0.05) is 13.0 Å². The summed E-state index contributed by atoms with van der Waals surface area (Å²) < 4.78 is 4.89. The molecule has 0 amide bonds. The zero-order valence-electron chi connectivity index (χ0n) is 7.03. The van der Waals surface area contributed by atoms with E-state index in [9.17, 15) is 10.2 Å². The summed E-state index contributed by atoms with van der Waals surface area (Å²) in [5.41, 5.74) is 0. The summed E-state index contributed by atoms with van der Waals surface area (Å²) in [6, 6.07) is 0. The van der Waals surface area contributed by atoms with Crippen LogP contribution in [0.5, 0.6) is 0 Å². The van der Waals surface area contributed by atoms with Crippen molar-refractivity contribution >= 4 is 0 Å². The van der Waals surface area contributed by atoms with Crippen LogP contribution in [0, 0.1) is 11.8 Å². The molecule has 1 aliphatic rings. The van der Waals surface area contributed by atoms with Gasteiger partial charge in [0.15, 0.2) is 0 Å². The Morgan fingerprint density at radius 1 is 1.45 bits per heavy atom. The molecule has 0 aromatic rings. The van der Waals surface area contributed by atoms with Gasteiger partial charge in [-0.25, -0.2) is 0 Å². The molecule has 1 fully saturated rings. The molecule has 66 valence electrons. The van der Waals surface area contributed by atoms with E-state index in [-0.39, 0.29) is 17.9 Å². The quantitative estimate of drug-likeness (QED) is 0.598. The molecule has 1 saturated carbocycles. The lowest BCUT2D eigenvalue weighted by Crippen LogP contribution is -2.28. The number of methoxy groups -OCH3 is 1. The Morgan fingerprint density at radius 2 is 2.09 bits per heavy atom. The molecule has 0 aromatic carbocycles. The molecular weight excluding hydrogens is 144 g/mol. The lowest BCUT2D eigenvalue weighted by atomic mass is 10.0. The van der Waals surface area contributed by atoms with Gasteiger partial charge in [0.25, 0.3) is 0 Å². The normalized spacial score (nSPS) is 44.7. The average Bonchev–Trinajstić information content (AvgIpc) is 2.17. The van der Waals surface area contributed by atoms with Gasteiger partial charge in [-0.3, -0.25) is 0 Å². The summed E-state index contributed by atoms with van der Waals surface area (Å²) >= 11 is 0. The van der Waals surface area contributed by atoms with Crippen molar-refractivity contribution in [3.05, 3.63) is 0 Å². The van der Waals surface area contributed by atoms with Crippen molar-refractivity contribution < 1.29 is 14.9 Å². The van der Waals surface area contributed by atoms with Gasteiger partial charge in [-0.1, -0.05) is 6.92 Å². The monoisotopic (exact) mass is 160 g/mol. The van der Waals surface area contributed by atoms with Gasteiger partial charge in [0.2, 0.25) is 0 Å². The smallest absolute Gasteiger partial charge is 0.0641 e. The highest BCUT2D eigenvalue weighted by Crippen LogP contribution is 2.31. The molecule has 0 radical (unpaired) electrons. The molecule has 0 saturated heterocycles. The maximum Gasteiger partial charge on any atom is 0.0641 e. The van der Waals surface area contributed by atoms with E-state index in [0.717, 1.165) is 0 Å². The Hall–Kier alpha value is -0.120. The molecule has 0 bridgehead atoms. The average molecular weight is 160 g/mol. The highest BCUT2D eigenvalue weighted by atomic mass is 16.5. The second-order valence-electron chi connectivity index (χ2n) is 3.39. The van der Waals surface area contributed by atoms with Crippen molar-refractivity contribution in [2.45, 2.75) is 25.6 Å². The maximum absolute atomic E-state index is 9.52. The molecule has 0 spiro atoms. The molecular formula is C8H16O3. The molecule has 1 rings (SSSR count). The SMILES string of the molecule is COC[C@@H]1C(O)C[C@H](C)C1O. The van der Waals surface area contributed by atoms with E-state index < -0.39 is 6.10 Å². The van der Waals surface area contributed by atoms with E-state index in [4.69, 9.17) is 4.74 Å². The van der Waals surface area contributed by atoms with E-state index in [1.807, 2.05) is 6.92 Å².